The standard InChI is InChI=1S/C26H32N2O6S/c1-5-32-24(29)21-16(2)27-17(3)26(25(30)31,11-12-28(4)14-18-8-7-13-35-18)22(21)19-9-6-10-20-23(19)34-15-33-20/h6-10,13,17,22,27H,5,11-12,14-15H2,1-4H3,(H,30,31). The molecule has 0 bridgehead atoms. The highest BCUT2D eigenvalue weighted by atomic mass is 32.1. The molecule has 2 aromatic rings. The number of fused-ring (bicyclic) bond motifs is 1. The molecule has 1 aromatic heterocycles. The molecule has 0 saturated carbocycles. The molecule has 0 aliphatic carbocycles. The molecule has 2 N–H and O–H groups in total. The third-order valence-corrected chi connectivity index (χ3v) is 7.82. The molecule has 0 saturated heterocycles. The summed E-state index contributed by atoms with van der Waals surface area (Å²) in [6.07, 6.45) is 0.309. The normalized spacial score (nSPS) is 23.3. The number of esters is 1. The Hall–Kier alpha value is -3.04. The van der Waals surface area contributed by atoms with E-state index in [1.54, 1.807) is 31.3 Å². The fourth-order valence-electron chi connectivity index (χ4n) is 5.25. The van der Waals surface area contributed by atoms with Crippen LogP contribution in [0.3, 0.4) is 0 Å². The molecule has 0 fully saturated rings. The number of aliphatic carboxylic acids is 1. The van der Waals surface area contributed by atoms with Crippen molar-refractivity contribution in [2.24, 2.45) is 5.41 Å². The second kappa shape index (κ2) is 10.3. The fraction of sp³-hybridized carbons (Fsp3) is 0.462. The van der Waals surface area contributed by atoms with Gasteiger partial charge in [-0.05, 0) is 58.3 Å². The molecule has 0 radical (unpaired) electrons. The number of carbonyl (C=O) groups is 2. The van der Waals surface area contributed by atoms with E-state index in [1.807, 2.05) is 37.6 Å². The Morgan fingerprint density at radius 1 is 1.29 bits per heavy atom. The van der Waals surface area contributed by atoms with Crippen LogP contribution in [0, 0.1) is 5.41 Å². The fourth-order valence-corrected chi connectivity index (χ4v) is 6.03. The summed E-state index contributed by atoms with van der Waals surface area (Å²) in [4.78, 5) is 29.8. The number of carboxylic acid groups (broad SMARTS) is 1. The molecule has 2 aliphatic rings. The predicted octanol–water partition coefficient (Wildman–Crippen LogP) is 3.98. The minimum absolute atomic E-state index is 0.0495. The number of para-hydroxylation sites is 1. The SMILES string of the molecule is CCOC(=O)C1=C(C)NC(C)C(CCN(C)Cc2cccs2)(C(=O)O)C1c1cccc2c1OCO2. The van der Waals surface area contributed by atoms with Gasteiger partial charge in [0.25, 0.3) is 0 Å². The van der Waals surface area contributed by atoms with Gasteiger partial charge in [-0.2, -0.15) is 0 Å². The number of hydrogen-bond acceptors (Lipinski definition) is 8. The number of hydrogen-bond donors (Lipinski definition) is 2. The van der Waals surface area contributed by atoms with Crippen molar-refractivity contribution in [3.05, 3.63) is 57.4 Å². The number of nitrogens with zero attached hydrogens (tertiary/aromatic N) is 1. The van der Waals surface area contributed by atoms with Gasteiger partial charge in [0, 0.05) is 34.6 Å². The van der Waals surface area contributed by atoms with Crippen LogP contribution in [0.4, 0.5) is 0 Å². The van der Waals surface area contributed by atoms with E-state index in [-0.39, 0.29) is 13.4 Å². The lowest BCUT2D eigenvalue weighted by Gasteiger charge is -2.47. The maximum Gasteiger partial charge on any atom is 0.336 e. The van der Waals surface area contributed by atoms with Crippen LogP contribution in [0.25, 0.3) is 0 Å². The topological polar surface area (TPSA) is 97.3 Å². The van der Waals surface area contributed by atoms with Crippen molar-refractivity contribution in [1.29, 1.82) is 0 Å². The Labute approximate surface area is 209 Å². The van der Waals surface area contributed by atoms with E-state index in [1.165, 1.54) is 4.88 Å². The molecule has 188 valence electrons. The molecule has 1 aromatic carbocycles. The van der Waals surface area contributed by atoms with Crippen LogP contribution in [0.1, 0.15) is 43.6 Å². The Bertz CT molecular complexity index is 1120. The van der Waals surface area contributed by atoms with Gasteiger partial charge in [0.05, 0.1) is 12.2 Å². The Morgan fingerprint density at radius 2 is 2.09 bits per heavy atom. The zero-order valence-corrected chi connectivity index (χ0v) is 21.3. The smallest absolute Gasteiger partial charge is 0.336 e. The van der Waals surface area contributed by atoms with Crippen molar-refractivity contribution < 1.29 is 28.9 Å². The average molecular weight is 501 g/mol. The lowest BCUT2D eigenvalue weighted by Crippen LogP contribution is -2.57. The minimum atomic E-state index is -1.34. The van der Waals surface area contributed by atoms with Gasteiger partial charge in [0.2, 0.25) is 6.79 Å². The first-order chi connectivity index (χ1) is 16.8. The van der Waals surface area contributed by atoms with E-state index in [9.17, 15) is 14.7 Å². The first-order valence-electron chi connectivity index (χ1n) is 11.8. The second-order valence-electron chi connectivity index (χ2n) is 9.05. The number of benzene rings is 1. The van der Waals surface area contributed by atoms with E-state index >= 15 is 0 Å². The van der Waals surface area contributed by atoms with Gasteiger partial charge in [-0.1, -0.05) is 18.2 Å². The summed E-state index contributed by atoms with van der Waals surface area (Å²) in [5.74, 6) is -1.26. The maximum absolute atomic E-state index is 13.3. The van der Waals surface area contributed by atoms with Crippen molar-refractivity contribution >= 4 is 23.3 Å². The lowest BCUT2D eigenvalue weighted by atomic mass is 9.60. The molecule has 0 amide bonds. The van der Waals surface area contributed by atoms with Crippen molar-refractivity contribution in [2.75, 3.05) is 27.0 Å². The van der Waals surface area contributed by atoms with Gasteiger partial charge < -0.3 is 29.5 Å². The monoisotopic (exact) mass is 500 g/mol. The van der Waals surface area contributed by atoms with E-state index in [2.05, 4.69) is 16.3 Å². The number of allylic oxidation sites excluding steroid dienone is 1. The van der Waals surface area contributed by atoms with Crippen molar-refractivity contribution in [1.82, 2.24) is 10.2 Å². The summed E-state index contributed by atoms with van der Waals surface area (Å²) >= 11 is 1.67. The molecule has 35 heavy (non-hydrogen) atoms. The zero-order chi connectivity index (χ0) is 25.2. The van der Waals surface area contributed by atoms with Crippen LogP contribution in [0.2, 0.25) is 0 Å². The maximum atomic E-state index is 13.3. The lowest BCUT2D eigenvalue weighted by molar-refractivity contribution is -0.154. The Balaban J connectivity index is 1.81. The molecule has 9 heteroatoms. The highest BCUT2D eigenvalue weighted by Gasteiger charge is 2.57. The third-order valence-electron chi connectivity index (χ3n) is 6.96. The number of thiophene rings is 1. The van der Waals surface area contributed by atoms with Crippen LogP contribution in [-0.4, -0.2) is 55.0 Å². The minimum Gasteiger partial charge on any atom is -0.481 e. The summed E-state index contributed by atoms with van der Waals surface area (Å²) in [5.41, 5.74) is 0.212. The summed E-state index contributed by atoms with van der Waals surface area (Å²) in [6, 6.07) is 9.04. The van der Waals surface area contributed by atoms with Crippen LogP contribution < -0.4 is 14.8 Å². The van der Waals surface area contributed by atoms with E-state index in [4.69, 9.17) is 14.2 Å². The largest absolute Gasteiger partial charge is 0.481 e. The second-order valence-corrected chi connectivity index (χ2v) is 10.1. The van der Waals surface area contributed by atoms with Crippen LogP contribution in [-0.2, 0) is 20.9 Å². The quantitative estimate of drug-likeness (QED) is 0.499. The zero-order valence-electron chi connectivity index (χ0n) is 20.5. The summed E-state index contributed by atoms with van der Waals surface area (Å²) < 4.78 is 16.8. The average Bonchev–Trinajstić information content (AvgIpc) is 3.50. The number of rotatable bonds is 9. The molecule has 3 heterocycles. The third kappa shape index (κ3) is 4.62. The van der Waals surface area contributed by atoms with Gasteiger partial charge in [0.15, 0.2) is 11.5 Å². The van der Waals surface area contributed by atoms with Crippen LogP contribution in [0.5, 0.6) is 11.5 Å². The molecule has 3 atom stereocenters. The van der Waals surface area contributed by atoms with Crippen LogP contribution >= 0.6 is 11.3 Å². The molecule has 2 aliphatic heterocycles. The van der Waals surface area contributed by atoms with Crippen LogP contribution in [0.15, 0.2) is 47.0 Å². The summed E-state index contributed by atoms with van der Waals surface area (Å²) in [5, 5.41) is 16.1. The van der Waals surface area contributed by atoms with Gasteiger partial charge in [-0.3, -0.25) is 4.79 Å². The van der Waals surface area contributed by atoms with Crippen molar-refractivity contribution in [2.45, 2.75) is 45.7 Å². The first-order valence-corrected chi connectivity index (χ1v) is 12.6. The summed E-state index contributed by atoms with van der Waals surface area (Å²) in [7, 11) is 1.98. The first kappa shape index (κ1) is 25.1. The van der Waals surface area contributed by atoms with Gasteiger partial charge in [-0.15, -0.1) is 11.3 Å². The highest BCUT2D eigenvalue weighted by molar-refractivity contribution is 7.09. The van der Waals surface area contributed by atoms with Crippen molar-refractivity contribution in [3.8, 4) is 11.5 Å². The van der Waals surface area contributed by atoms with Crippen molar-refractivity contribution in [3.63, 3.8) is 0 Å². The molecular formula is C26H32N2O6S. The van der Waals surface area contributed by atoms with E-state index in [0.717, 1.165) is 6.54 Å². The van der Waals surface area contributed by atoms with E-state index in [0.29, 0.717) is 41.3 Å². The predicted molar refractivity (Wildman–Crippen MR) is 133 cm³/mol. The van der Waals surface area contributed by atoms with Gasteiger partial charge >= 0.3 is 11.9 Å². The summed E-state index contributed by atoms with van der Waals surface area (Å²) in [6.45, 7) is 6.88. The highest BCUT2D eigenvalue weighted by Crippen LogP contribution is 2.54. The van der Waals surface area contributed by atoms with Gasteiger partial charge in [-0.25, -0.2) is 4.79 Å². The van der Waals surface area contributed by atoms with Gasteiger partial charge in [0.1, 0.15) is 5.41 Å². The number of ether oxygens (including phenoxy) is 3. The molecule has 4 rings (SSSR count). The molecule has 8 nitrogen and oxygen atoms in total. The Morgan fingerprint density at radius 3 is 2.77 bits per heavy atom. The Kier molecular flexibility index (Phi) is 7.37. The molecule has 3 unspecified atom stereocenters. The molecular weight excluding hydrogens is 468 g/mol. The number of carboxylic acids is 1. The number of carbonyl (C=O) groups excluding carboxylic acids is 1. The molecule has 0 spiro atoms. The number of nitrogens with one attached hydrogen (secondary N) is 1. The van der Waals surface area contributed by atoms with E-state index < -0.39 is 29.3 Å².